The molecule has 4 heteroatoms. The van der Waals surface area contributed by atoms with E-state index in [9.17, 15) is 0 Å². The van der Waals surface area contributed by atoms with E-state index in [0.717, 1.165) is 36.3 Å². The molecule has 4 nitrogen and oxygen atoms in total. The summed E-state index contributed by atoms with van der Waals surface area (Å²) in [7, 11) is 0. The molecule has 0 saturated carbocycles. The number of hydrogen-bond acceptors (Lipinski definition) is 2. The SMILES string of the molecule is c1ccc(COc2ccc3[nH]cc(C4CCCc5c4[nH]c4ccc(OCc6ccccc6)cc54)c3c2)cc1. The molecule has 0 fully saturated rings. The Morgan fingerprint density at radius 3 is 2.00 bits per heavy atom. The number of aromatic nitrogens is 2. The van der Waals surface area contributed by atoms with Crippen molar-refractivity contribution >= 4 is 21.8 Å². The molecule has 2 N–H and O–H groups in total. The largest absolute Gasteiger partial charge is 0.489 e. The minimum Gasteiger partial charge on any atom is -0.489 e. The van der Waals surface area contributed by atoms with Crippen molar-refractivity contribution in [1.82, 2.24) is 9.97 Å². The Kier molecular flexibility index (Phi) is 5.86. The lowest BCUT2D eigenvalue weighted by Gasteiger charge is -2.22. The fourth-order valence-electron chi connectivity index (χ4n) is 5.82. The van der Waals surface area contributed by atoms with Crippen molar-refractivity contribution in [3.8, 4) is 11.5 Å². The van der Waals surface area contributed by atoms with Gasteiger partial charge in [0.1, 0.15) is 24.7 Å². The molecule has 1 aliphatic carbocycles. The monoisotopic (exact) mass is 498 g/mol. The highest BCUT2D eigenvalue weighted by Crippen LogP contribution is 2.43. The van der Waals surface area contributed by atoms with Crippen molar-refractivity contribution in [3.63, 3.8) is 0 Å². The van der Waals surface area contributed by atoms with E-state index in [1.807, 2.05) is 36.4 Å². The summed E-state index contributed by atoms with van der Waals surface area (Å²) in [5.41, 5.74) is 8.76. The first-order chi connectivity index (χ1) is 18.8. The van der Waals surface area contributed by atoms with Crippen LogP contribution in [-0.4, -0.2) is 9.97 Å². The zero-order chi connectivity index (χ0) is 25.3. The Bertz CT molecular complexity index is 1700. The van der Waals surface area contributed by atoms with E-state index in [2.05, 4.69) is 76.8 Å². The molecule has 2 heterocycles. The minimum atomic E-state index is 0.318. The van der Waals surface area contributed by atoms with Gasteiger partial charge < -0.3 is 19.4 Å². The quantitative estimate of drug-likeness (QED) is 0.233. The van der Waals surface area contributed by atoms with Crippen LogP contribution in [0.1, 0.15) is 46.7 Å². The van der Waals surface area contributed by atoms with E-state index in [1.165, 1.54) is 44.2 Å². The van der Waals surface area contributed by atoms with Gasteiger partial charge in [-0.05, 0) is 77.9 Å². The summed E-state index contributed by atoms with van der Waals surface area (Å²) in [5.74, 6) is 2.13. The highest BCUT2D eigenvalue weighted by atomic mass is 16.5. The molecule has 1 unspecified atom stereocenters. The first-order valence-electron chi connectivity index (χ1n) is 13.4. The number of rotatable bonds is 7. The van der Waals surface area contributed by atoms with E-state index < -0.39 is 0 Å². The molecule has 0 saturated heterocycles. The molecule has 0 aliphatic heterocycles. The van der Waals surface area contributed by atoms with Gasteiger partial charge in [-0.25, -0.2) is 0 Å². The van der Waals surface area contributed by atoms with Crippen LogP contribution in [0.25, 0.3) is 21.8 Å². The molecule has 4 aromatic carbocycles. The van der Waals surface area contributed by atoms with E-state index >= 15 is 0 Å². The van der Waals surface area contributed by atoms with Crippen molar-refractivity contribution in [1.29, 1.82) is 0 Å². The van der Waals surface area contributed by atoms with Crippen LogP contribution in [0.3, 0.4) is 0 Å². The predicted octanol–water partition coefficient (Wildman–Crippen LogP) is 8.28. The Morgan fingerprint density at radius 2 is 1.32 bits per heavy atom. The van der Waals surface area contributed by atoms with Crippen LogP contribution in [0.4, 0.5) is 0 Å². The highest BCUT2D eigenvalue weighted by molar-refractivity contribution is 5.89. The van der Waals surface area contributed by atoms with Gasteiger partial charge >= 0.3 is 0 Å². The highest BCUT2D eigenvalue weighted by Gasteiger charge is 2.27. The fraction of sp³-hybridized carbons (Fsp3) is 0.176. The van der Waals surface area contributed by atoms with Crippen molar-refractivity contribution < 1.29 is 9.47 Å². The van der Waals surface area contributed by atoms with E-state index in [0.29, 0.717) is 19.1 Å². The molecular weight excluding hydrogens is 468 g/mol. The van der Waals surface area contributed by atoms with E-state index in [4.69, 9.17) is 9.47 Å². The summed E-state index contributed by atoms with van der Waals surface area (Å²) < 4.78 is 12.3. The molecule has 0 amide bonds. The van der Waals surface area contributed by atoms with Gasteiger partial charge in [0, 0.05) is 39.6 Å². The average Bonchev–Trinajstić information content (AvgIpc) is 3.57. The maximum atomic E-state index is 6.16. The van der Waals surface area contributed by atoms with Gasteiger partial charge in [-0.3, -0.25) is 0 Å². The first kappa shape index (κ1) is 22.7. The molecule has 1 aliphatic rings. The number of H-pyrrole nitrogens is 2. The van der Waals surface area contributed by atoms with E-state index in [-0.39, 0.29) is 0 Å². The summed E-state index contributed by atoms with van der Waals surface area (Å²) in [4.78, 5) is 7.28. The molecule has 0 radical (unpaired) electrons. The number of fused-ring (bicyclic) bond motifs is 4. The second-order valence-corrected chi connectivity index (χ2v) is 10.2. The maximum Gasteiger partial charge on any atom is 0.120 e. The van der Waals surface area contributed by atoms with Gasteiger partial charge in [-0.2, -0.15) is 0 Å². The lowest BCUT2D eigenvalue weighted by molar-refractivity contribution is 0.306. The van der Waals surface area contributed by atoms with Crippen molar-refractivity contribution in [2.24, 2.45) is 0 Å². The molecule has 6 aromatic rings. The third kappa shape index (κ3) is 4.32. The summed E-state index contributed by atoms with van der Waals surface area (Å²) in [5, 5.41) is 2.51. The number of hydrogen-bond donors (Lipinski definition) is 2. The summed E-state index contributed by atoms with van der Waals surface area (Å²) in [6.07, 6.45) is 5.56. The van der Waals surface area contributed by atoms with E-state index in [1.54, 1.807) is 0 Å². The second kappa shape index (κ2) is 9.79. The Labute approximate surface area is 222 Å². The van der Waals surface area contributed by atoms with Crippen molar-refractivity contribution in [2.75, 3.05) is 0 Å². The zero-order valence-corrected chi connectivity index (χ0v) is 21.2. The molecule has 188 valence electrons. The van der Waals surface area contributed by atoms with Crippen LogP contribution in [0, 0.1) is 0 Å². The van der Waals surface area contributed by atoms with Crippen molar-refractivity contribution in [2.45, 2.75) is 38.4 Å². The Hall–Kier alpha value is -4.44. The average molecular weight is 499 g/mol. The van der Waals surface area contributed by atoms with Crippen LogP contribution in [0.5, 0.6) is 11.5 Å². The van der Waals surface area contributed by atoms with Crippen LogP contribution in [0.15, 0.2) is 103 Å². The second-order valence-electron chi connectivity index (χ2n) is 10.2. The number of aryl methyl sites for hydroxylation is 1. The zero-order valence-electron chi connectivity index (χ0n) is 21.2. The minimum absolute atomic E-state index is 0.318. The van der Waals surface area contributed by atoms with Gasteiger partial charge in [-0.15, -0.1) is 0 Å². The molecule has 2 aromatic heterocycles. The lowest BCUT2D eigenvalue weighted by atomic mass is 9.82. The third-order valence-corrected chi connectivity index (χ3v) is 7.74. The molecule has 0 spiro atoms. The van der Waals surface area contributed by atoms with Gasteiger partial charge in [0.2, 0.25) is 0 Å². The first-order valence-corrected chi connectivity index (χ1v) is 13.4. The molecule has 38 heavy (non-hydrogen) atoms. The molecule has 1 atom stereocenters. The maximum absolute atomic E-state index is 6.16. The van der Waals surface area contributed by atoms with Gasteiger partial charge in [0.15, 0.2) is 0 Å². The molecule has 0 bridgehead atoms. The summed E-state index contributed by atoms with van der Waals surface area (Å²) >= 11 is 0. The molecule has 7 rings (SSSR count). The third-order valence-electron chi connectivity index (χ3n) is 7.74. The lowest BCUT2D eigenvalue weighted by Crippen LogP contribution is -2.10. The van der Waals surface area contributed by atoms with Crippen LogP contribution in [-0.2, 0) is 19.6 Å². The van der Waals surface area contributed by atoms with Gasteiger partial charge in [0.05, 0.1) is 0 Å². The summed E-state index contributed by atoms with van der Waals surface area (Å²) in [6, 6.07) is 33.5. The number of benzene rings is 4. The van der Waals surface area contributed by atoms with Gasteiger partial charge in [-0.1, -0.05) is 60.7 Å². The van der Waals surface area contributed by atoms with Crippen LogP contribution < -0.4 is 9.47 Å². The Balaban J connectivity index is 1.18. The smallest absolute Gasteiger partial charge is 0.120 e. The van der Waals surface area contributed by atoms with Crippen molar-refractivity contribution in [3.05, 3.63) is 131 Å². The van der Waals surface area contributed by atoms with Crippen LogP contribution in [0.2, 0.25) is 0 Å². The normalized spacial score (nSPS) is 15.0. The Morgan fingerprint density at radius 1 is 0.684 bits per heavy atom. The topological polar surface area (TPSA) is 50.0 Å². The summed E-state index contributed by atoms with van der Waals surface area (Å²) in [6.45, 7) is 1.14. The number of nitrogens with one attached hydrogen (secondary N) is 2. The van der Waals surface area contributed by atoms with Crippen LogP contribution >= 0.6 is 0 Å². The molecular formula is C34H30N2O2. The predicted molar refractivity (Wildman–Crippen MR) is 153 cm³/mol. The van der Waals surface area contributed by atoms with Gasteiger partial charge in [0.25, 0.3) is 0 Å². The standard InChI is InChI=1S/C34H30N2O2/c1-3-8-23(9-4-1)21-37-25-14-16-32-30(19-25)31(20-35-32)28-13-7-12-27-29-18-26(15-17-33(29)36-34(27)28)38-22-24-10-5-2-6-11-24/h1-6,8-11,14-20,28,35-36H,7,12-13,21-22H2. The number of ether oxygens (including phenoxy) is 2. The fourth-order valence-corrected chi connectivity index (χ4v) is 5.82. The number of aromatic amines is 2.